The van der Waals surface area contributed by atoms with Crippen LogP contribution in [0.3, 0.4) is 0 Å². The molecule has 5 nitrogen and oxygen atoms in total. The molecule has 1 N–H and O–H groups in total. The maximum atomic E-state index is 13.5. The molecule has 5 aliphatic carbocycles. The van der Waals surface area contributed by atoms with Gasteiger partial charge in [-0.15, -0.1) is 0 Å². The number of hydrogen-bond donors (Lipinski definition) is 1. The first kappa shape index (κ1) is 26.4. The number of nitrogens with zero attached hydrogens (tertiary/aromatic N) is 1. The number of rotatable bonds is 8. The molecule has 0 aromatic heterocycles. The van der Waals surface area contributed by atoms with Crippen molar-refractivity contribution in [3.05, 3.63) is 0 Å². The molecule has 0 amide bonds. The quantitative estimate of drug-likeness (QED) is 0.389. The summed E-state index contributed by atoms with van der Waals surface area (Å²) in [4.78, 5) is 16.3. The van der Waals surface area contributed by atoms with Gasteiger partial charge in [-0.05, 0) is 82.2 Å². The lowest BCUT2D eigenvalue weighted by Crippen LogP contribution is -2.78. The summed E-state index contributed by atoms with van der Waals surface area (Å²) in [6.45, 7) is 3.10. The molecule has 7 fully saturated rings. The van der Waals surface area contributed by atoms with E-state index in [4.69, 9.17) is 9.47 Å². The van der Waals surface area contributed by atoms with Gasteiger partial charge in [0.15, 0.2) is 5.78 Å². The van der Waals surface area contributed by atoms with Gasteiger partial charge < -0.3 is 14.6 Å². The van der Waals surface area contributed by atoms with E-state index in [-0.39, 0.29) is 29.1 Å². The fourth-order valence-electron chi connectivity index (χ4n) is 11.3. The van der Waals surface area contributed by atoms with E-state index in [1.165, 1.54) is 90.0 Å². The highest BCUT2D eigenvalue weighted by Crippen LogP contribution is 2.70. The zero-order valence-corrected chi connectivity index (χ0v) is 23.8. The predicted molar refractivity (Wildman–Crippen MR) is 148 cm³/mol. The molecule has 8 atom stereocenters. The van der Waals surface area contributed by atoms with Gasteiger partial charge in [0.25, 0.3) is 0 Å². The molecule has 7 rings (SSSR count). The molecule has 214 valence electrons. The second kappa shape index (κ2) is 10.7. The molecule has 2 bridgehead atoms. The van der Waals surface area contributed by atoms with Gasteiger partial charge >= 0.3 is 0 Å². The van der Waals surface area contributed by atoms with Crippen LogP contribution >= 0.6 is 0 Å². The van der Waals surface area contributed by atoms with E-state index >= 15 is 0 Å². The standard InChI is InChI=1S/C33H53NO4/c35-26-14-13-25-22-28-33(37-21-7-12-23-8-3-1-4-9-23)17-15-27(36)31-32(33,29(25)30(26)38-31)18-20-34(28)19-16-24-10-5-2-6-11-24/h23-26,28-31,35H,1-22H2/t25?,26?,28?,29?,30?,31-,32-,33+/m0/s1. The van der Waals surface area contributed by atoms with E-state index in [9.17, 15) is 9.90 Å². The highest BCUT2D eigenvalue weighted by atomic mass is 16.5. The smallest absolute Gasteiger partial charge is 0.162 e. The lowest BCUT2D eigenvalue weighted by Gasteiger charge is -2.69. The Morgan fingerprint density at radius 3 is 2.42 bits per heavy atom. The number of aliphatic hydroxyl groups is 1. The zero-order chi connectivity index (χ0) is 25.7. The first-order valence-corrected chi connectivity index (χ1v) is 16.9. The highest BCUT2D eigenvalue weighted by Gasteiger charge is 2.78. The van der Waals surface area contributed by atoms with E-state index in [0.717, 1.165) is 57.1 Å². The van der Waals surface area contributed by atoms with E-state index in [0.29, 0.717) is 24.2 Å². The second-order valence-corrected chi connectivity index (χ2v) is 14.6. The molecule has 5 unspecified atom stereocenters. The Hall–Kier alpha value is -0.490. The number of piperidine rings is 1. The maximum Gasteiger partial charge on any atom is 0.162 e. The van der Waals surface area contributed by atoms with Gasteiger partial charge in [0.05, 0.1) is 17.8 Å². The summed E-state index contributed by atoms with van der Waals surface area (Å²) in [5.41, 5.74) is -0.510. The van der Waals surface area contributed by atoms with Crippen LogP contribution in [-0.4, -0.2) is 65.4 Å². The van der Waals surface area contributed by atoms with Crippen LogP contribution in [0, 0.1) is 29.1 Å². The van der Waals surface area contributed by atoms with Crippen molar-refractivity contribution in [2.75, 3.05) is 19.7 Å². The largest absolute Gasteiger partial charge is 0.390 e. The fraction of sp³-hybridized carbons (Fsp3) is 0.970. The van der Waals surface area contributed by atoms with Crippen molar-refractivity contribution in [2.24, 2.45) is 29.1 Å². The Bertz CT molecular complexity index is 852. The molecule has 0 radical (unpaired) electrons. The van der Waals surface area contributed by atoms with Gasteiger partial charge in [-0.25, -0.2) is 0 Å². The summed E-state index contributed by atoms with van der Waals surface area (Å²) in [7, 11) is 0. The Morgan fingerprint density at radius 2 is 1.66 bits per heavy atom. The molecule has 7 aliphatic rings. The normalized spacial score (nSPS) is 45.8. The summed E-state index contributed by atoms with van der Waals surface area (Å²) in [6, 6.07) is 0.406. The fourth-order valence-corrected chi connectivity index (χ4v) is 11.3. The first-order valence-electron chi connectivity index (χ1n) is 16.9. The van der Waals surface area contributed by atoms with Crippen LogP contribution in [0.2, 0.25) is 0 Å². The van der Waals surface area contributed by atoms with Crippen LogP contribution in [0.1, 0.15) is 122 Å². The first-order chi connectivity index (χ1) is 18.6. The third-order valence-electron chi connectivity index (χ3n) is 13.0. The van der Waals surface area contributed by atoms with E-state index < -0.39 is 6.10 Å². The molecule has 38 heavy (non-hydrogen) atoms. The Morgan fingerprint density at radius 1 is 0.921 bits per heavy atom. The zero-order valence-electron chi connectivity index (χ0n) is 23.8. The molecule has 0 aromatic carbocycles. The molecular formula is C33H53NO4. The van der Waals surface area contributed by atoms with Crippen molar-refractivity contribution in [3.8, 4) is 0 Å². The number of ether oxygens (including phenoxy) is 2. The number of carbonyl (C=O) groups is 1. The monoisotopic (exact) mass is 527 g/mol. The highest BCUT2D eigenvalue weighted by molar-refractivity contribution is 5.86. The number of hydrogen-bond acceptors (Lipinski definition) is 5. The van der Waals surface area contributed by atoms with Gasteiger partial charge in [0.1, 0.15) is 6.10 Å². The third kappa shape index (κ3) is 4.19. The van der Waals surface area contributed by atoms with E-state index in [1.807, 2.05) is 0 Å². The van der Waals surface area contributed by atoms with Crippen molar-refractivity contribution < 1.29 is 19.4 Å². The van der Waals surface area contributed by atoms with Gasteiger partial charge in [-0.1, -0.05) is 64.2 Å². The number of aliphatic hydroxyl groups excluding tert-OH is 1. The van der Waals surface area contributed by atoms with Gasteiger partial charge in [-0.3, -0.25) is 9.69 Å². The van der Waals surface area contributed by atoms with Crippen LogP contribution < -0.4 is 0 Å². The van der Waals surface area contributed by atoms with Gasteiger partial charge in [0, 0.05) is 30.4 Å². The number of carbonyl (C=O) groups excluding carboxylic acids is 1. The summed E-state index contributed by atoms with van der Waals surface area (Å²) in [5.74, 6) is 2.92. The minimum absolute atomic E-state index is 0.166. The topological polar surface area (TPSA) is 59.0 Å². The summed E-state index contributed by atoms with van der Waals surface area (Å²) in [5, 5.41) is 11.1. The average Bonchev–Trinajstić information content (AvgIpc) is 3.31. The lowest BCUT2D eigenvalue weighted by molar-refractivity contribution is -0.272. The van der Waals surface area contributed by atoms with Crippen molar-refractivity contribution in [1.82, 2.24) is 4.90 Å². The summed E-state index contributed by atoms with van der Waals surface area (Å²) in [6.07, 6.45) is 22.5. The summed E-state index contributed by atoms with van der Waals surface area (Å²) >= 11 is 0. The second-order valence-electron chi connectivity index (χ2n) is 14.6. The van der Waals surface area contributed by atoms with Gasteiger partial charge in [0.2, 0.25) is 0 Å². The number of Topliss-reactive ketones (excluding diaryl/α,β-unsaturated/α-hetero) is 1. The summed E-state index contributed by atoms with van der Waals surface area (Å²) < 4.78 is 14.0. The van der Waals surface area contributed by atoms with Crippen molar-refractivity contribution in [2.45, 2.75) is 152 Å². The van der Waals surface area contributed by atoms with Crippen LogP contribution in [0.15, 0.2) is 0 Å². The molecule has 0 aromatic rings. The molecule has 2 heterocycles. The average molecular weight is 528 g/mol. The molecule has 5 saturated carbocycles. The maximum absolute atomic E-state index is 13.5. The number of ketones is 1. The molecule has 1 spiro atoms. The lowest BCUT2D eigenvalue weighted by atomic mass is 9.42. The Kier molecular flexibility index (Phi) is 7.46. The molecule has 2 saturated heterocycles. The molecule has 5 heteroatoms. The van der Waals surface area contributed by atoms with E-state index in [2.05, 4.69) is 4.90 Å². The predicted octanol–water partition coefficient (Wildman–Crippen LogP) is 6.05. The SMILES string of the molecule is O=C1CC[C@@]2(OCCCC3CCCCC3)C3CC4CCC(O)C5O[C@@H]1[C@]2(CCN3CCC1CCCCC1)C45. The minimum Gasteiger partial charge on any atom is -0.390 e. The van der Waals surface area contributed by atoms with Crippen LogP contribution in [0.5, 0.6) is 0 Å². The van der Waals surface area contributed by atoms with Crippen LogP contribution in [-0.2, 0) is 14.3 Å². The third-order valence-corrected chi connectivity index (χ3v) is 13.0. The minimum atomic E-state index is -0.422. The van der Waals surface area contributed by atoms with Crippen molar-refractivity contribution in [1.29, 1.82) is 0 Å². The van der Waals surface area contributed by atoms with E-state index in [1.54, 1.807) is 0 Å². The Balaban J connectivity index is 1.16. The molecular weight excluding hydrogens is 474 g/mol. The van der Waals surface area contributed by atoms with Crippen molar-refractivity contribution in [3.63, 3.8) is 0 Å². The molecule has 2 aliphatic heterocycles. The number of likely N-dealkylation sites (tertiary alicyclic amines) is 1. The van der Waals surface area contributed by atoms with Crippen LogP contribution in [0.25, 0.3) is 0 Å². The van der Waals surface area contributed by atoms with Crippen molar-refractivity contribution >= 4 is 5.78 Å². The van der Waals surface area contributed by atoms with Crippen LogP contribution in [0.4, 0.5) is 0 Å². The Labute approximate surface area is 230 Å². The van der Waals surface area contributed by atoms with Gasteiger partial charge in [-0.2, -0.15) is 0 Å².